The van der Waals surface area contributed by atoms with Gasteiger partial charge in [-0.1, -0.05) is 25.1 Å². The van der Waals surface area contributed by atoms with Crippen molar-refractivity contribution in [1.29, 1.82) is 0 Å². The van der Waals surface area contributed by atoms with Crippen LogP contribution in [0.4, 0.5) is 0 Å². The maximum Gasteiger partial charge on any atom is 0.276 e. The molecule has 0 unspecified atom stereocenters. The minimum atomic E-state index is -3.53. The Morgan fingerprint density at radius 3 is 2.38 bits per heavy atom. The van der Waals surface area contributed by atoms with Crippen molar-refractivity contribution in [2.75, 3.05) is 32.7 Å². The fourth-order valence-corrected chi connectivity index (χ4v) is 6.16. The van der Waals surface area contributed by atoms with E-state index in [0.717, 1.165) is 57.3 Å². The molecule has 0 radical (unpaired) electrons. The second kappa shape index (κ2) is 10.2. The van der Waals surface area contributed by atoms with Crippen LogP contribution < -0.4 is 0 Å². The fraction of sp³-hybridized carbons (Fsp3) is 0.542. The monoisotopic (exact) mass is 459 g/mol. The Morgan fingerprint density at radius 2 is 1.72 bits per heavy atom. The van der Waals surface area contributed by atoms with Gasteiger partial charge < -0.3 is 9.32 Å². The highest BCUT2D eigenvalue weighted by molar-refractivity contribution is 7.89. The largest absolute Gasteiger partial charge is 0.447 e. The lowest BCUT2D eigenvalue weighted by Crippen LogP contribution is -2.46. The van der Waals surface area contributed by atoms with Gasteiger partial charge in [-0.2, -0.15) is 4.31 Å². The Balaban J connectivity index is 1.37. The first kappa shape index (κ1) is 23.0. The number of rotatable bonds is 8. The number of furan rings is 1. The molecule has 0 spiro atoms. The predicted octanol–water partition coefficient (Wildman–Crippen LogP) is 3.58. The van der Waals surface area contributed by atoms with Crippen molar-refractivity contribution < 1.29 is 17.6 Å². The van der Waals surface area contributed by atoms with Gasteiger partial charge in [0.2, 0.25) is 5.09 Å². The van der Waals surface area contributed by atoms with E-state index in [-0.39, 0.29) is 11.0 Å². The van der Waals surface area contributed by atoms with Gasteiger partial charge in [-0.05, 0) is 62.9 Å². The molecular formula is C24H33N3O4S. The summed E-state index contributed by atoms with van der Waals surface area (Å²) in [6.07, 6.45) is 4.62. The van der Waals surface area contributed by atoms with E-state index in [1.165, 1.54) is 4.31 Å². The Hall–Kier alpha value is -2.16. The molecular weight excluding hydrogens is 426 g/mol. The maximum absolute atomic E-state index is 12.8. The standard InChI is InChI=1S/C24H33N3O4S/c1-2-14-26(19-22-10-11-23(31-22)32(29,30)27-15-6-7-16-27)21-12-17-25(18-13-21)24(28)20-8-4-3-5-9-20/h3-5,8-11,21H,2,6-7,12-19H2,1H3. The zero-order valence-corrected chi connectivity index (χ0v) is 19.6. The first-order valence-corrected chi connectivity index (χ1v) is 13.1. The SMILES string of the molecule is CCCN(Cc1ccc(S(=O)(=O)N2CCCC2)o1)C1CCN(C(=O)c2ccccc2)CC1. The number of hydrogen-bond acceptors (Lipinski definition) is 5. The summed E-state index contributed by atoms with van der Waals surface area (Å²) in [5.41, 5.74) is 0.735. The summed E-state index contributed by atoms with van der Waals surface area (Å²) in [6.45, 7) is 6.23. The zero-order chi connectivity index (χ0) is 22.6. The molecule has 3 heterocycles. The molecule has 2 saturated heterocycles. The van der Waals surface area contributed by atoms with Crippen LogP contribution in [0.2, 0.25) is 0 Å². The molecule has 0 atom stereocenters. The van der Waals surface area contributed by atoms with Gasteiger partial charge in [0.1, 0.15) is 5.76 Å². The molecule has 0 N–H and O–H groups in total. The van der Waals surface area contributed by atoms with Crippen molar-refractivity contribution in [3.05, 3.63) is 53.8 Å². The van der Waals surface area contributed by atoms with E-state index in [2.05, 4.69) is 11.8 Å². The van der Waals surface area contributed by atoms with Crippen molar-refractivity contribution in [3.63, 3.8) is 0 Å². The number of amides is 1. The van der Waals surface area contributed by atoms with Gasteiger partial charge in [-0.15, -0.1) is 0 Å². The van der Waals surface area contributed by atoms with Crippen LogP contribution in [0, 0.1) is 0 Å². The van der Waals surface area contributed by atoms with Crippen molar-refractivity contribution >= 4 is 15.9 Å². The third-order valence-electron chi connectivity index (χ3n) is 6.45. The summed E-state index contributed by atoms with van der Waals surface area (Å²) in [5, 5.41) is 0.0501. The van der Waals surface area contributed by atoms with E-state index in [9.17, 15) is 13.2 Å². The lowest BCUT2D eigenvalue weighted by atomic mass is 10.0. The van der Waals surface area contributed by atoms with Gasteiger partial charge in [0.15, 0.2) is 0 Å². The first-order chi connectivity index (χ1) is 15.5. The van der Waals surface area contributed by atoms with E-state index < -0.39 is 10.0 Å². The van der Waals surface area contributed by atoms with Crippen LogP contribution in [0.25, 0.3) is 0 Å². The summed E-state index contributed by atoms with van der Waals surface area (Å²) in [7, 11) is -3.53. The molecule has 174 valence electrons. The molecule has 0 bridgehead atoms. The first-order valence-electron chi connectivity index (χ1n) is 11.7. The second-order valence-electron chi connectivity index (χ2n) is 8.69. The minimum Gasteiger partial charge on any atom is -0.447 e. The molecule has 4 rings (SSSR count). The van der Waals surface area contributed by atoms with Crippen LogP contribution in [0.15, 0.2) is 52.0 Å². The summed E-state index contributed by atoms with van der Waals surface area (Å²) in [4.78, 5) is 17.0. The molecule has 32 heavy (non-hydrogen) atoms. The lowest BCUT2D eigenvalue weighted by Gasteiger charge is -2.38. The van der Waals surface area contributed by atoms with Crippen LogP contribution in [-0.2, 0) is 16.6 Å². The third-order valence-corrected chi connectivity index (χ3v) is 8.23. The number of hydrogen-bond donors (Lipinski definition) is 0. The number of sulfonamides is 1. The summed E-state index contributed by atoms with van der Waals surface area (Å²) in [6, 6.07) is 13.2. The lowest BCUT2D eigenvalue weighted by molar-refractivity contribution is 0.0594. The summed E-state index contributed by atoms with van der Waals surface area (Å²) < 4.78 is 32.8. The highest BCUT2D eigenvalue weighted by atomic mass is 32.2. The Labute approximate surface area is 191 Å². The normalized spacial score (nSPS) is 18.5. The average molecular weight is 460 g/mol. The smallest absolute Gasteiger partial charge is 0.276 e. The van der Waals surface area contributed by atoms with E-state index in [1.54, 1.807) is 12.1 Å². The molecule has 1 aromatic carbocycles. The maximum atomic E-state index is 12.8. The van der Waals surface area contributed by atoms with E-state index in [1.807, 2.05) is 35.2 Å². The highest BCUT2D eigenvalue weighted by Gasteiger charge is 2.31. The van der Waals surface area contributed by atoms with Gasteiger partial charge in [-0.3, -0.25) is 9.69 Å². The summed E-state index contributed by atoms with van der Waals surface area (Å²) >= 11 is 0. The molecule has 8 heteroatoms. The van der Waals surface area contributed by atoms with Crippen LogP contribution in [0.1, 0.15) is 55.1 Å². The number of piperidine rings is 1. The quantitative estimate of drug-likeness (QED) is 0.603. The number of carbonyl (C=O) groups is 1. The fourth-order valence-electron chi connectivity index (χ4n) is 4.71. The molecule has 2 aliphatic rings. The van der Waals surface area contributed by atoms with Crippen molar-refractivity contribution in [2.24, 2.45) is 0 Å². The molecule has 2 aliphatic heterocycles. The second-order valence-corrected chi connectivity index (χ2v) is 10.6. The summed E-state index contributed by atoms with van der Waals surface area (Å²) in [5.74, 6) is 0.771. The molecule has 0 saturated carbocycles. The molecule has 2 aromatic rings. The van der Waals surface area contributed by atoms with Crippen molar-refractivity contribution in [1.82, 2.24) is 14.1 Å². The van der Waals surface area contributed by atoms with Crippen molar-refractivity contribution in [2.45, 2.75) is 56.7 Å². The number of benzene rings is 1. The van der Waals surface area contributed by atoms with Crippen molar-refractivity contribution in [3.8, 4) is 0 Å². The number of carbonyl (C=O) groups excluding carboxylic acids is 1. The van der Waals surface area contributed by atoms with E-state index in [4.69, 9.17) is 4.42 Å². The van der Waals surface area contributed by atoms with Gasteiger partial charge in [0.25, 0.3) is 15.9 Å². The Kier molecular flexibility index (Phi) is 7.33. The van der Waals surface area contributed by atoms with Gasteiger partial charge >= 0.3 is 0 Å². The molecule has 7 nitrogen and oxygen atoms in total. The molecule has 1 amide bonds. The van der Waals surface area contributed by atoms with E-state index in [0.29, 0.717) is 31.4 Å². The number of nitrogens with zero attached hydrogens (tertiary/aromatic N) is 3. The van der Waals surface area contributed by atoms with Gasteiger partial charge in [0, 0.05) is 37.8 Å². The Bertz CT molecular complexity index is 991. The Morgan fingerprint density at radius 1 is 1.03 bits per heavy atom. The third kappa shape index (κ3) is 5.08. The van der Waals surface area contributed by atoms with E-state index >= 15 is 0 Å². The minimum absolute atomic E-state index is 0.0501. The average Bonchev–Trinajstić information content (AvgIpc) is 3.52. The predicted molar refractivity (Wildman–Crippen MR) is 123 cm³/mol. The van der Waals surface area contributed by atoms with Crippen LogP contribution in [0.3, 0.4) is 0 Å². The van der Waals surface area contributed by atoms with Gasteiger partial charge in [-0.25, -0.2) is 8.42 Å². The molecule has 1 aromatic heterocycles. The van der Waals surface area contributed by atoms with Crippen LogP contribution in [-0.4, -0.2) is 67.2 Å². The molecule has 2 fully saturated rings. The zero-order valence-electron chi connectivity index (χ0n) is 18.8. The number of likely N-dealkylation sites (tertiary alicyclic amines) is 1. The highest BCUT2D eigenvalue weighted by Crippen LogP contribution is 2.25. The molecule has 0 aliphatic carbocycles. The van der Waals surface area contributed by atoms with Crippen LogP contribution >= 0.6 is 0 Å². The van der Waals surface area contributed by atoms with Gasteiger partial charge in [0.05, 0.1) is 6.54 Å². The topological polar surface area (TPSA) is 74.1 Å². The van der Waals surface area contributed by atoms with Crippen LogP contribution in [0.5, 0.6) is 0 Å².